The van der Waals surface area contributed by atoms with Crippen LogP contribution < -0.4 is 9.46 Å². The van der Waals surface area contributed by atoms with Crippen molar-refractivity contribution in [3.05, 3.63) is 29.3 Å². The van der Waals surface area contributed by atoms with Crippen LogP contribution in [0, 0.1) is 0 Å². The molecule has 20 heavy (non-hydrogen) atoms. The lowest BCUT2D eigenvalue weighted by molar-refractivity contribution is 0.299. The first-order valence-electron chi connectivity index (χ1n) is 6.82. The van der Waals surface area contributed by atoms with Crippen molar-refractivity contribution in [3.8, 4) is 5.75 Å². The molecule has 0 amide bonds. The predicted octanol–water partition coefficient (Wildman–Crippen LogP) is 1.16. The smallest absolute Gasteiger partial charge is 0.211 e. The van der Waals surface area contributed by atoms with Crippen LogP contribution in [0.15, 0.2) is 18.2 Å². The highest BCUT2D eigenvalue weighted by molar-refractivity contribution is 7.89. The van der Waals surface area contributed by atoms with E-state index in [9.17, 15) is 8.42 Å². The van der Waals surface area contributed by atoms with Gasteiger partial charge in [0.25, 0.3) is 0 Å². The third-order valence-corrected chi connectivity index (χ3v) is 4.96. The SMILES string of the molecule is CCS(=O)(=O)NCC(c1ccc2c(c1)CCO2)N(C)C. The molecule has 0 saturated carbocycles. The maximum absolute atomic E-state index is 11.6. The van der Waals surface area contributed by atoms with Gasteiger partial charge in [-0.1, -0.05) is 12.1 Å². The summed E-state index contributed by atoms with van der Waals surface area (Å²) in [5.41, 5.74) is 2.31. The molecule has 1 aromatic rings. The molecule has 1 unspecified atom stereocenters. The van der Waals surface area contributed by atoms with Crippen molar-refractivity contribution >= 4 is 10.0 Å². The fourth-order valence-corrected chi connectivity index (χ4v) is 2.94. The molecular formula is C14H22N2O3S. The highest BCUT2D eigenvalue weighted by Gasteiger charge is 2.20. The van der Waals surface area contributed by atoms with E-state index in [1.807, 2.05) is 31.1 Å². The standard InChI is InChI=1S/C14H22N2O3S/c1-4-20(17,18)15-10-13(16(2)3)11-5-6-14-12(9-11)7-8-19-14/h5-6,9,13,15H,4,7-8,10H2,1-3H3. The summed E-state index contributed by atoms with van der Waals surface area (Å²) in [7, 11) is 0.737. The second-order valence-corrected chi connectivity index (χ2v) is 7.29. The molecule has 0 aliphatic carbocycles. The normalized spacial score (nSPS) is 16.0. The zero-order valence-corrected chi connectivity index (χ0v) is 13.0. The van der Waals surface area contributed by atoms with Gasteiger partial charge in [-0.15, -0.1) is 0 Å². The van der Waals surface area contributed by atoms with Crippen molar-refractivity contribution in [2.24, 2.45) is 0 Å². The lowest BCUT2D eigenvalue weighted by Gasteiger charge is -2.25. The minimum Gasteiger partial charge on any atom is -0.493 e. The number of rotatable bonds is 6. The van der Waals surface area contributed by atoms with E-state index in [-0.39, 0.29) is 11.8 Å². The molecule has 1 aromatic carbocycles. The molecule has 1 heterocycles. The Morgan fingerprint density at radius 2 is 2.15 bits per heavy atom. The van der Waals surface area contributed by atoms with Gasteiger partial charge >= 0.3 is 0 Å². The Hall–Kier alpha value is -1.11. The fraction of sp³-hybridized carbons (Fsp3) is 0.571. The molecule has 1 aliphatic heterocycles. The van der Waals surface area contributed by atoms with Crippen LogP contribution in [0.1, 0.15) is 24.1 Å². The lowest BCUT2D eigenvalue weighted by atomic mass is 10.0. The van der Waals surface area contributed by atoms with E-state index < -0.39 is 10.0 Å². The highest BCUT2D eigenvalue weighted by atomic mass is 32.2. The van der Waals surface area contributed by atoms with Gasteiger partial charge in [0.2, 0.25) is 10.0 Å². The van der Waals surface area contributed by atoms with E-state index in [4.69, 9.17) is 4.74 Å². The van der Waals surface area contributed by atoms with Gasteiger partial charge < -0.3 is 9.64 Å². The number of nitrogens with zero attached hydrogens (tertiary/aromatic N) is 1. The first-order chi connectivity index (χ1) is 9.43. The molecule has 0 fully saturated rings. The Balaban J connectivity index is 2.16. The summed E-state index contributed by atoms with van der Waals surface area (Å²) >= 11 is 0. The quantitative estimate of drug-likeness (QED) is 0.856. The minimum absolute atomic E-state index is 0.0159. The molecule has 0 bridgehead atoms. The van der Waals surface area contributed by atoms with Crippen molar-refractivity contribution in [1.82, 2.24) is 9.62 Å². The molecule has 5 nitrogen and oxygen atoms in total. The van der Waals surface area contributed by atoms with Gasteiger partial charge in [0, 0.05) is 19.0 Å². The number of ether oxygens (including phenoxy) is 1. The number of likely N-dealkylation sites (N-methyl/N-ethyl adjacent to an activating group) is 1. The zero-order valence-electron chi connectivity index (χ0n) is 12.2. The molecule has 1 atom stereocenters. The predicted molar refractivity (Wildman–Crippen MR) is 79.5 cm³/mol. The molecule has 6 heteroatoms. The summed E-state index contributed by atoms with van der Waals surface area (Å²) in [4.78, 5) is 2.02. The summed E-state index contributed by atoms with van der Waals surface area (Å²) in [5.74, 6) is 1.05. The topological polar surface area (TPSA) is 58.6 Å². The number of hydrogen-bond donors (Lipinski definition) is 1. The lowest BCUT2D eigenvalue weighted by Crippen LogP contribution is -2.35. The van der Waals surface area contributed by atoms with Crippen molar-refractivity contribution in [3.63, 3.8) is 0 Å². The van der Waals surface area contributed by atoms with Crippen molar-refractivity contribution < 1.29 is 13.2 Å². The van der Waals surface area contributed by atoms with E-state index in [1.165, 1.54) is 5.56 Å². The van der Waals surface area contributed by atoms with E-state index in [0.29, 0.717) is 6.54 Å². The molecule has 0 saturated heterocycles. The average molecular weight is 298 g/mol. The maximum atomic E-state index is 11.6. The van der Waals surface area contributed by atoms with Crippen LogP contribution in [-0.2, 0) is 16.4 Å². The number of fused-ring (bicyclic) bond motifs is 1. The van der Waals surface area contributed by atoms with Crippen molar-refractivity contribution in [1.29, 1.82) is 0 Å². The summed E-state index contributed by atoms with van der Waals surface area (Å²) in [6.45, 7) is 2.75. The van der Waals surface area contributed by atoms with Gasteiger partial charge in [-0.3, -0.25) is 0 Å². The largest absolute Gasteiger partial charge is 0.493 e. The Morgan fingerprint density at radius 1 is 1.40 bits per heavy atom. The second kappa shape index (κ2) is 6.11. The van der Waals surface area contributed by atoms with Crippen molar-refractivity contribution in [2.45, 2.75) is 19.4 Å². The van der Waals surface area contributed by atoms with Crippen LogP contribution in [0.4, 0.5) is 0 Å². The van der Waals surface area contributed by atoms with E-state index >= 15 is 0 Å². The second-order valence-electron chi connectivity index (χ2n) is 5.20. The molecule has 1 aliphatic rings. The molecule has 0 aromatic heterocycles. The Bertz CT molecular complexity index is 570. The molecule has 0 radical (unpaired) electrons. The fourth-order valence-electron chi connectivity index (χ4n) is 2.32. The third kappa shape index (κ3) is 3.50. The maximum Gasteiger partial charge on any atom is 0.211 e. The summed E-state index contributed by atoms with van der Waals surface area (Å²) < 4.78 is 31.3. The van der Waals surface area contributed by atoms with Gasteiger partial charge in [-0.2, -0.15) is 0 Å². The summed E-state index contributed by atoms with van der Waals surface area (Å²) in [6, 6.07) is 6.12. The van der Waals surface area contributed by atoms with Crippen LogP contribution in [0.5, 0.6) is 5.75 Å². The first-order valence-corrected chi connectivity index (χ1v) is 8.47. The van der Waals surface area contributed by atoms with Crippen LogP contribution >= 0.6 is 0 Å². The van der Waals surface area contributed by atoms with Crippen LogP contribution in [0.2, 0.25) is 0 Å². The number of nitrogens with one attached hydrogen (secondary N) is 1. The van der Waals surface area contributed by atoms with E-state index in [0.717, 1.165) is 24.3 Å². The Kier molecular flexibility index (Phi) is 4.67. The first kappa shape index (κ1) is 15.3. The van der Waals surface area contributed by atoms with Gasteiger partial charge in [-0.05, 0) is 38.2 Å². The summed E-state index contributed by atoms with van der Waals surface area (Å²) in [5, 5.41) is 0. The monoisotopic (exact) mass is 298 g/mol. The highest BCUT2D eigenvalue weighted by Crippen LogP contribution is 2.29. The minimum atomic E-state index is -3.17. The van der Waals surface area contributed by atoms with Crippen LogP contribution in [-0.4, -0.2) is 46.3 Å². The number of sulfonamides is 1. The molecular weight excluding hydrogens is 276 g/mol. The van der Waals surface area contributed by atoms with Crippen LogP contribution in [0.25, 0.3) is 0 Å². The van der Waals surface area contributed by atoms with Gasteiger partial charge in [-0.25, -0.2) is 13.1 Å². The van der Waals surface area contributed by atoms with Crippen LogP contribution in [0.3, 0.4) is 0 Å². The third-order valence-electron chi connectivity index (χ3n) is 3.60. The van der Waals surface area contributed by atoms with Gasteiger partial charge in [0.1, 0.15) is 5.75 Å². The van der Waals surface area contributed by atoms with Gasteiger partial charge in [0.15, 0.2) is 0 Å². The molecule has 1 N–H and O–H groups in total. The Morgan fingerprint density at radius 3 is 2.80 bits per heavy atom. The average Bonchev–Trinajstić information content (AvgIpc) is 2.86. The van der Waals surface area contributed by atoms with Gasteiger partial charge in [0.05, 0.1) is 12.4 Å². The van der Waals surface area contributed by atoms with E-state index in [1.54, 1.807) is 6.92 Å². The van der Waals surface area contributed by atoms with Crippen molar-refractivity contribution in [2.75, 3.05) is 33.0 Å². The van der Waals surface area contributed by atoms with E-state index in [2.05, 4.69) is 10.8 Å². The molecule has 2 rings (SSSR count). The Labute approximate surface area is 121 Å². The number of benzene rings is 1. The molecule has 0 spiro atoms. The zero-order chi connectivity index (χ0) is 14.8. The number of hydrogen-bond acceptors (Lipinski definition) is 4. The summed E-state index contributed by atoms with van der Waals surface area (Å²) in [6.07, 6.45) is 0.921. The molecule has 112 valence electrons.